The van der Waals surface area contributed by atoms with Gasteiger partial charge in [0.15, 0.2) is 11.5 Å². The fourth-order valence-electron chi connectivity index (χ4n) is 2.31. The summed E-state index contributed by atoms with van der Waals surface area (Å²) < 4.78 is 11.4. The molecule has 0 atom stereocenters. The lowest BCUT2D eigenvalue weighted by Gasteiger charge is -2.23. The summed E-state index contributed by atoms with van der Waals surface area (Å²) in [6.45, 7) is 2.76. The van der Waals surface area contributed by atoms with Crippen LogP contribution in [0.25, 0.3) is 11.2 Å². The van der Waals surface area contributed by atoms with E-state index in [0.29, 0.717) is 17.6 Å². The second-order valence-electron chi connectivity index (χ2n) is 4.79. The zero-order chi connectivity index (χ0) is 13.9. The number of H-pyrrole nitrogens is 1. The Kier molecular flexibility index (Phi) is 3.81. The van der Waals surface area contributed by atoms with Crippen LogP contribution in [0.15, 0.2) is 6.33 Å². The van der Waals surface area contributed by atoms with E-state index in [1.54, 1.807) is 6.33 Å². The van der Waals surface area contributed by atoms with Crippen LogP contribution < -0.4 is 10.6 Å². The molecule has 3 N–H and O–H groups in total. The van der Waals surface area contributed by atoms with Crippen molar-refractivity contribution in [2.24, 2.45) is 0 Å². The Labute approximate surface area is 119 Å². The summed E-state index contributed by atoms with van der Waals surface area (Å²) in [5, 5.41) is 6.54. The lowest BCUT2D eigenvalue weighted by molar-refractivity contribution is 0.623. The summed E-state index contributed by atoms with van der Waals surface area (Å²) in [5.74, 6) is 2.86. The molecule has 1 aliphatic rings. The van der Waals surface area contributed by atoms with Crippen molar-refractivity contribution in [3.05, 3.63) is 6.33 Å². The van der Waals surface area contributed by atoms with Crippen LogP contribution >= 0.6 is 0 Å². The van der Waals surface area contributed by atoms with Gasteiger partial charge in [0.25, 0.3) is 0 Å². The quantitative estimate of drug-likeness (QED) is 0.782. The zero-order valence-electron chi connectivity index (χ0n) is 11.3. The number of hydrogen-bond donors (Lipinski definition) is 3. The number of hydrogen-bond acceptors (Lipinski definition) is 6. The molecule has 0 aliphatic carbocycles. The normalized spacial score (nSPS) is 22.9. The van der Waals surface area contributed by atoms with Crippen molar-refractivity contribution < 1.29 is 4.21 Å². The van der Waals surface area contributed by atoms with E-state index in [0.717, 1.165) is 42.2 Å². The number of anilines is 2. The largest absolute Gasteiger partial charge is 0.365 e. The molecule has 1 aliphatic heterocycles. The van der Waals surface area contributed by atoms with Gasteiger partial charge >= 0.3 is 0 Å². The van der Waals surface area contributed by atoms with Gasteiger partial charge in [0.1, 0.15) is 5.52 Å². The number of aromatic amines is 1. The molecule has 0 radical (unpaired) electrons. The van der Waals surface area contributed by atoms with Crippen LogP contribution in [-0.4, -0.2) is 48.2 Å². The van der Waals surface area contributed by atoms with E-state index in [9.17, 15) is 4.21 Å². The SMILES string of the molecule is CCNc1nc(NC2CCS(=O)CC2)c2[nH]cnc2n1. The van der Waals surface area contributed by atoms with E-state index in [-0.39, 0.29) is 0 Å². The van der Waals surface area contributed by atoms with E-state index in [1.807, 2.05) is 6.92 Å². The van der Waals surface area contributed by atoms with Crippen LogP contribution in [0, 0.1) is 0 Å². The van der Waals surface area contributed by atoms with Gasteiger partial charge in [-0.25, -0.2) is 4.98 Å². The Hall–Kier alpha value is -1.70. The first-order chi connectivity index (χ1) is 9.76. The lowest BCUT2D eigenvalue weighted by Crippen LogP contribution is -2.30. The van der Waals surface area contributed by atoms with Crippen molar-refractivity contribution in [1.82, 2.24) is 19.9 Å². The molecule has 108 valence electrons. The first-order valence-corrected chi connectivity index (χ1v) is 8.31. The Bertz CT molecular complexity index is 617. The second-order valence-corrected chi connectivity index (χ2v) is 6.49. The summed E-state index contributed by atoms with van der Waals surface area (Å²) in [5.41, 5.74) is 1.47. The summed E-state index contributed by atoms with van der Waals surface area (Å²) in [6.07, 6.45) is 3.43. The second kappa shape index (κ2) is 5.74. The molecule has 20 heavy (non-hydrogen) atoms. The number of nitrogens with one attached hydrogen (secondary N) is 3. The molecule has 1 fully saturated rings. The Morgan fingerprint density at radius 1 is 1.40 bits per heavy atom. The van der Waals surface area contributed by atoms with Crippen molar-refractivity contribution in [2.75, 3.05) is 28.7 Å². The van der Waals surface area contributed by atoms with Gasteiger partial charge in [-0.3, -0.25) is 4.21 Å². The molecule has 0 spiro atoms. The minimum absolute atomic E-state index is 0.309. The Morgan fingerprint density at radius 2 is 2.20 bits per heavy atom. The number of nitrogens with zero attached hydrogens (tertiary/aromatic N) is 3. The third-order valence-corrected chi connectivity index (χ3v) is 4.73. The van der Waals surface area contributed by atoms with Gasteiger partial charge < -0.3 is 15.6 Å². The molecule has 3 rings (SSSR count). The molecule has 0 unspecified atom stereocenters. The monoisotopic (exact) mass is 294 g/mol. The summed E-state index contributed by atoms with van der Waals surface area (Å²) in [7, 11) is -0.651. The van der Waals surface area contributed by atoms with E-state index in [4.69, 9.17) is 0 Å². The topological polar surface area (TPSA) is 95.6 Å². The minimum atomic E-state index is -0.651. The summed E-state index contributed by atoms with van der Waals surface area (Å²) in [4.78, 5) is 16.1. The average Bonchev–Trinajstić information content (AvgIpc) is 2.90. The molecule has 3 heterocycles. The van der Waals surface area contributed by atoms with E-state index < -0.39 is 10.8 Å². The number of aromatic nitrogens is 4. The fourth-order valence-corrected chi connectivity index (χ4v) is 3.61. The van der Waals surface area contributed by atoms with E-state index >= 15 is 0 Å². The molecule has 0 saturated carbocycles. The van der Waals surface area contributed by atoms with Crippen LogP contribution in [0.1, 0.15) is 19.8 Å². The smallest absolute Gasteiger partial charge is 0.226 e. The molecular weight excluding hydrogens is 276 g/mol. The van der Waals surface area contributed by atoms with Crippen molar-refractivity contribution in [2.45, 2.75) is 25.8 Å². The third-order valence-electron chi connectivity index (χ3n) is 3.35. The molecule has 8 heteroatoms. The molecule has 0 aromatic carbocycles. The predicted octanol–water partition coefficient (Wildman–Crippen LogP) is 1.11. The maximum atomic E-state index is 11.4. The van der Waals surface area contributed by atoms with Crippen molar-refractivity contribution >= 4 is 33.7 Å². The van der Waals surface area contributed by atoms with Crippen LogP contribution in [0.3, 0.4) is 0 Å². The fraction of sp³-hybridized carbons (Fsp3) is 0.583. The number of fused-ring (bicyclic) bond motifs is 1. The molecule has 1 saturated heterocycles. The highest BCUT2D eigenvalue weighted by molar-refractivity contribution is 7.85. The van der Waals surface area contributed by atoms with Crippen LogP contribution in [0.4, 0.5) is 11.8 Å². The number of rotatable bonds is 4. The van der Waals surface area contributed by atoms with E-state index in [1.165, 1.54) is 0 Å². The molecule has 2 aromatic rings. The highest BCUT2D eigenvalue weighted by atomic mass is 32.2. The van der Waals surface area contributed by atoms with Crippen molar-refractivity contribution in [3.63, 3.8) is 0 Å². The third kappa shape index (κ3) is 2.74. The van der Waals surface area contributed by atoms with Crippen molar-refractivity contribution in [1.29, 1.82) is 0 Å². The van der Waals surface area contributed by atoms with Crippen LogP contribution in [-0.2, 0) is 10.8 Å². The van der Waals surface area contributed by atoms with Crippen molar-refractivity contribution in [3.8, 4) is 0 Å². The first kappa shape index (κ1) is 13.3. The first-order valence-electron chi connectivity index (χ1n) is 6.82. The highest BCUT2D eigenvalue weighted by Crippen LogP contribution is 2.22. The summed E-state index contributed by atoms with van der Waals surface area (Å²) >= 11 is 0. The molecule has 0 bridgehead atoms. The lowest BCUT2D eigenvalue weighted by atomic mass is 10.1. The standard InChI is InChI=1S/C12H18N6OS/c1-2-13-12-17-10-9(14-7-15-10)11(18-12)16-8-3-5-20(19)6-4-8/h7-8H,2-6H2,1H3,(H3,13,14,15,16,17,18). The maximum Gasteiger partial charge on any atom is 0.226 e. The van der Waals surface area contributed by atoms with Crippen LogP contribution in [0.5, 0.6) is 0 Å². The van der Waals surface area contributed by atoms with Crippen LogP contribution in [0.2, 0.25) is 0 Å². The maximum absolute atomic E-state index is 11.4. The Balaban J connectivity index is 1.85. The van der Waals surface area contributed by atoms with Gasteiger partial charge in [0.05, 0.1) is 6.33 Å². The minimum Gasteiger partial charge on any atom is -0.365 e. The Morgan fingerprint density at radius 3 is 2.95 bits per heavy atom. The molecular formula is C12H18N6OS. The molecule has 7 nitrogen and oxygen atoms in total. The van der Waals surface area contributed by atoms with Gasteiger partial charge in [-0.15, -0.1) is 0 Å². The van der Waals surface area contributed by atoms with Gasteiger partial charge in [0, 0.05) is 34.9 Å². The zero-order valence-corrected chi connectivity index (χ0v) is 12.2. The summed E-state index contributed by atoms with van der Waals surface area (Å²) in [6, 6.07) is 0.309. The van der Waals surface area contributed by atoms with Gasteiger partial charge in [-0.05, 0) is 19.8 Å². The van der Waals surface area contributed by atoms with E-state index in [2.05, 4.69) is 30.6 Å². The van der Waals surface area contributed by atoms with Gasteiger partial charge in [-0.1, -0.05) is 0 Å². The van der Waals surface area contributed by atoms with Gasteiger partial charge in [0.2, 0.25) is 5.95 Å². The average molecular weight is 294 g/mol. The number of imidazole rings is 1. The predicted molar refractivity (Wildman–Crippen MR) is 80.4 cm³/mol. The molecule has 2 aromatic heterocycles. The van der Waals surface area contributed by atoms with Gasteiger partial charge in [-0.2, -0.15) is 9.97 Å². The molecule has 0 amide bonds. The highest BCUT2D eigenvalue weighted by Gasteiger charge is 2.20.